The van der Waals surface area contributed by atoms with Crippen LogP contribution in [0.5, 0.6) is 0 Å². The molecule has 0 radical (unpaired) electrons. The third-order valence-corrected chi connectivity index (χ3v) is 4.30. The molecule has 0 saturated heterocycles. The van der Waals surface area contributed by atoms with Gasteiger partial charge in [0.2, 0.25) is 6.23 Å². The van der Waals surface area contributed by atoms with Crippen LogP contribution in [0.3, 0.4) is 0 Å². The molecular weight excluding hydrogens is 356 g/mol. The second-order valence-electron chi connectivity index (χ2n) is 5.92. The minimum Gasteiger partial charge on any atom is -0.394 e. The summed E-state index contributed by atoms with van der Waals surface area (Å²) < 4.78 is 5.49. The van der Waals surface area contributed by atoms with Crippen molar-refractivity contribution in [2.75, 3.05) is 25.2 Å². The molecule has 26 heavy (non-hydrogen) atoms. The molecule has 136 valence electrons. The number of halogens is 1. The van der Waals surface area contributed by atoms with Gasteiger partial charge in [-0.2, -0.15) is 0 Å². The number of amides is 1. The van der Waals surface area contributed by atoms with Crippen LogP contribution in [0.2, 0.25) is 5.02 Å². The zero-order chi connectivity index (χ0) is 18.7. The van der Waals surface area contributed by atoms with Gasteiger partial charge in [0.25, 0.3) is 5.91 Å². The fraction of sp³-hybridized carbons (Fsp3) is 0.263. The number of benzodiazepines with no additional fused rings is 1. The second kappa shape index (κ2) is 7.97. The van der Waals surface area contributed by atoms with Crippen LogP contribution >= 0.6 is 11.6 Å². The Morgan fingerprint density at radius 1 is 1.27 bits per heavy atom. The first-order valence-corrected chi connectivity index (χ1v) is 8.50. The summed E-state index contributed by atoms with van der Waals surface area (Å²) >= 11 is 6.17. The van der Waals surface area contributed by atoms with E-state index < -0.39 is 18.9 Å². The topological polar surface area (TPSA) is 82.4 Å². The highest BCUT2D eigenvalue weighted by molar-refractivity contribution is 6.32. The van der Waals surface area contributed by atoms with Crippen molar-refractivity contribution in [1.29, 1.82) is 0 Å². The predicted molar refractivity (Wildman–Crippen MR) is 99.8 cm³/mol. The van der Waals surface area contributed by atoms with E-state index in [4.69, 9.17) is 21.4 Å². The van der Waals surface area contributed by atoms with Crippen LogP contribution in [0.25, 0.3) is 0 Å². The molecule has 1 aliphatic rings. The van der Waals surface area contributed by atoms with E-state index in [0.29, 0.717) is 22.0 Å². The maximum Gasteiger partial charge on any atom is 0.278 e. The maximum atomic E-state index is 12.8. The Bertz CT molecular complexity index is 826. The highest BCUT2D eigenvalue weighted by Gasteiger charge is 2.31. The molecule has 2 atom stereocenters. The number of aliphatic hydroxyl groups is 2. The van der Waals surface area contributed by atoms with Gasteiger partial charge in [-0.05, 0) is 18.2 Å². The highest BCUT2D eigenvalue weighted by atomic mass is 35.5. The summed E-state index contributed by atoms with van der Waals surface area (Å²) in [4.78, 5) is 18.8. The number of benzene rings is 2. The van der Waals surface area contributed by atoms with E-state index in [1.165, 1.54) is 4.90 Å². The normalized spacial score (nSPS) is 18.2. The van der Waals surface area contributed by atoms with E-state index >= 15 is 0 Å². The van der Waals surface area contributed by atoms with Crippen LogP contribution in [-0.4, -0.2) is 54.4 Å². The van der Waals surface area contributed by atoms with Crippen LogP contribution in [0, 0.1) is 0 Å². The number of aliphatic imine (C=N–C) groups is 1. The van der Waals surface area contributed by atoms with Gasteiger partial charge in [0, 0.05) is 23.2 Å². The van der Waals surface area contributed by atoms with Crippen molar-refractivity contribution in [2.45, 2.75) is 12.3 Å². The van der Waals surface area contributed by atoms with Gasteiger partial charge in [-0.1, -0.05) is 41.9 Å². The zero-order valence-corrected chi connectivity index (χ0v) is 14.9. The SMILES string of the molecule is CN1C(=O)C(OCC(O)CO)N=C(c2ccccc2)c2cc(Cl)ccc21. The Hall–Kier alpha value is -2.25. The summed E-state index contributed by atoms with van der Waals surface area (Å²) in [6.07, 6.45) is -2.22. The van der Waals surface area contributed by atoms with E-state index in [2.05, 4.69) is 4.99 Å². The number of anilines is 1. The fourth-order valence-electron chi connectivity index (χ4n) is 2.71. The fourth-order valence-corrected chi connectivity index (χ4v) is 2.88. The number of rotatable bonds is 5. The second-order valence-corrected chi connectivity index (χ2v) is 6.36. The molecule has 2 unspecified atom stereocenters. The molecule has 7 heteroatoms. The molecule has 2 N–H and O–H groups in total. The summed E-state index contributed by atoms with van der Waals surface area (Å²) in [5.74, 6) is -0.371. The van der Waals surface area contributed by atoms with E-state index in [1.54, 1.807) is 25.2 Å². The van der Waals surface area contributed by atoms with Gasteiger partial charge < -0.3 is 19.8 Å². The van der Waals surface area contributed by atoms with Crippen molar-refractivity contribution < 1.29 is 19.7 Å². The van der Waals surface area contributed by atoms with E-state index in [1.807, 2.05) is 30.3 Å². The van der Waals surface area contributed by atoms with Gasteiger partial charge in [-0.3, -0.25) is 4.79 Å². The van der Waals surface area contributed by atoms with E-state index in [0.717, 1.165) is 5.56 Å². The third kappa shape index (κ3) is 3.78. The monoisotopic (exact) mass is 374 g/mol. The molecule has 2 aromatic carbocycles. The lowest BCUT2D eigenvalue weighted by atomic mass is 10.0. The van der Waals surface area contributed by atoms with E-state index in [9.17, 15) is 9.90 Å². The molecular formula is C19H19ClN2O4. The molecule has 1 heterocycles. The van der Waals surface area contributed by atoms with Crippen molar-refractivity contribution in [2.24, 2.45) is 4.99 Å². The Balaban J connectivity index is 2.10. The van der Waals surface area contributed by atoms with Gasteiger partial charge in [-0.15, -0.1) is 0 Å². The summed E-state index contributed by atoms with van der Waals surface area (Å²) in [6.45, 7) is -0.661. The molecule has 0 saturated carbocycles. The number of hydrogen-bond acceptors (Lipinski definition) is 5. The van der Waals surface area contributed by atoms with Crippen molar-refractivity contribution in [1.82, 2.24) is 0 Å². The van der Waals surface area contributed by atoms with Crippen LogP contribution in [0.4, 0.5) is 5.69 Å². The van der Waals surface area contributed by atoms with Crippen LogP contribution in [0.1, 0.15) is 11.1 Å². The number of fused-ring (bicyclic) bond motifs is 1. The molecule has 3 rings (SSSR count). The van der Waals surface area contributed by atoms with Crippen molar-refractivity contribution in [3.05, 3.63) is 64.7 Å². The predicted octanol–water partition coefficient (Wildman–Crippen LogP) is 1.85. The van der Waals surface area contributed by atoms with Gasteiger partial charge in [0.15, 0.2) is 0 Å². The first-order chi connectivity index (χ1) is 12.5. The summed E-state index contributed by atoms with van der Waals surface area (Å²) in [5.41, 5.74) is 2.77. The number of nitrogens with zero attached hydrogens (tertiary/aromatic N) is 2. The van der Waals surface area contributed by atoms with Crippen LogP contribution in [-0.2, 0) is 9.53 Å². The molecule has 0 aliphatic carbocycles. The van der Waals surface area contributed by atoms with Gasteiger partial charge >= 0.3 is 0 Å². The number of carbonyl (C=O) groups is 1. The minimum atomic E-state index is -1.14. The smallest absolute Gasteiger partial charge is 0.278 e. The first-order valence-electron chi connectivity index (χ1n) is 8.12. The van der Waals surface area contributed by atoms with Crippen LogP contribution in [0.15, 0.2) is 53.5 Å². The number of aliphatic hydroxyl groups excluding tert-OH is 2. The quantitative estimate of drug-likeness (QED) is 0.836. The lowest BCUT2D eigenvalue weighted by Gasteiger charge is -2.21. The molecule has 0 spiro atoms. The Kier molecular flexibility index (Phi) is 5.68. The summed E-state index contributed by atoms with van der Waals surface area (Å²) in [5, 5.41) is 19.0. The first kappa shape index (κ1) is 18.5. The average molecular weight is 375 g/mol. The molecule has 0 bridgehead atoms. The molecule has 1 amide bonds. The number of likely N-dealkylation sites (N-methyl/N-ethyl adjacent to an activating group) is 1. The van der Waals surface area contributed by atoms with E-state index in [-0.39, 0.29) is 12.5 Å². The molecule has 2 aromatic rings. The number of ether oxygens (including phenoxy) is 1. The largest absolute Gasteiger partial charge is 0.394 e. The highest BCUT2D eigenvalue weighted by Crippen LogP contribution is 2.30. The lowest BCUT2D eigenvalue weighted by molar-refractivity contribution is -0.131. The average Bonchev–Trinajstić information content (AvgIpc) is 2.76. The Labute approximate surface area is 156 Å². The van der Waals surface area contributed by atoms with Gasteiger partial charge in [0.1, 0.15) is 6.10 Å². The summed E-state index contributed by atoms with van der Waals surface area (Å²) in [7, 11) is 1.64. The Morgan fingerprint density at radius 3 is 2.69 bits per heavy atom. The maximum absolute atomic E-state index is 12.8. The Morgan fingerprint density at radius 2 is 2.00 bits per heavy atom. The van der Waals surface area contributed by atoms with Gasteiger partial charge in [-0.25, -0.2) is 4.99 Å². The minimum absolute atomic E-state index is 0.205. The van der Waals surface area contributed by atoms with Crippen molar-refractivity contribution in [3.8, 4) is 0 Å². The molecule has 0 aromatic heterocycles. The summed E-state index contributed by atoms with van der Waals surface area (Å²) in [6, 6.07) is 14.7. The lowest BCUT2D eigenvalue weighted by Crippen LogP contribution is -2.38. The van der Waals surface area contributed by atoms with Gasteiger partial charge in [0.05, 0.1) is 24.6 Å². The van der Waals surface area contributed by atoms with Crippen molar-refractivity contribution in [3.63, 3.8) is 0 Å². The standard InChI is InChI=1S/C19H19ClN2O4/c1-22-16-8-7-13(20)9-15(16)17(12-5-3-2-4-6-12)21-18(19(22)25)26-11-14(24)10-23/h2-9,14,18,23-24H,10-11H2,1H3. The van der Waals surface area contributed by atoms with Crippen molar-refractivity contribution >= 4 is 28.9 Å². The number of carbonyl (C=O) groups excluding carboxylic acids is 1. The molecule has 0 fully saturated rings. The zero-order valence-electron chi connectivity index (χ0n) is 14.2. The molecule has 1 aliphatic heterocycles. The number of hydrogen-bond donors (Lipinski definition) is 2. The van der Waals surface area contributed by atoms with Crippen LogP contribution < -0.4 is 4.90 Å². The third-order valence-electron chi connectivity index (χ3n) is 4.07. The molecule has 6 nitrogen and oxygen atoms in total.